The van der Waals surface area contributed by atoms with Gasteiger partial charge in [-0.2, -0.15) is 0 Å². The summed E-state index contributed by atoms with van der Waals surface area (Å²) in [6.45, 7) is 5.11. The molecule has 0 unspecified atom stereocenters. The molecule has 0 spiro atoms. The second-order valence-electron chi connectivity index (χ2n) is 14.4. The predicted octanol–water partition coefficient (Wildman–Crippen LogP) is 0.903. The number of nitrogens with one attached hydrogen (secondary N) is 5. The van der Waals surface area contributed by atoms with Gasteiger partial charge in [0.25, 0.3) is 0 Å². The Labute approximate surface area is 334 Å². The Balaban J connectivity index is 1.38. The number of rotatable bonds is 10. The molecule has 6 bridgehead atoms. The standard InChI is InChI=1S/C40H54N10O6S/c41-40(42)44-19-5-4-18-43-38(53)34-26-29-8-12-32(13-9-29)45-36(51)16-20-49-22-24-50(25-23-49)21-17-37(52)46-33-14-10-30(11-15-33)27-35(39(54)47-34)48-57(55,56)28-31-6-2-1-3-7-31/h1-3,6-15,34-35,48H,4-5,16-28H2,(H,43,53)(H,45,51)(H,46,52)(H,47,54)(H4,41,42,44)/t34-,35+/m0/s1. The van der Waals surface area contributed by atoms with Crippen LogP contribution < -0.4 is 37.5 Å². The minimum absolute atomic E-state index is 0.0156. The molecule has 0 aliphatic carbocycles. The number of benzene rings is 3. The van der Waals surface area contributed by atoms with Crippen molar-refractivity contribution >= 4 is 51.0 Å². The maximum Gasteiger partial charge on any atom is 0.242 e. The SMILES string of the molecule is NC(N)=NCCCCNC(=O)[C@@H]1Cc2ccc(cc2)NC(=O)CCN2CCN(CCC(=O)Nc3ccc(cc3)C[C@@H](NS(=O)(=O)Cc3ccccc3)C(=O)N1)CC2. The van der Waals surface area contributed by atoms with Gasteiger partial charge < -0.3 is 42.5 Å². The molecule has 306 valence electrons. The molecule has 4 amide bonds. The molecule has 0 radical (unpaired) electrons. The lowest BCUT2D eigenvalue weighted by molar-refractivity contribution is -0.129. The molecule has 8 rings (SSSR count). The number of nitrogens with zero attached hydrogens (tertiary/aromatic N) is 3. The summed E-state index contributed by atoms with van der Waals surface area (Å²) >= 11 is 0. The van der Waals surface area contributed by atoms with Crippen LogP contribution in [0.5, 0.6) is 0 Å². The Kier molecular flexibility index (Phi) is 15.9. The van der Waals surface area contributed by atoms with Crippen molar-refractivity contribution < 1.29 is 27.6 Å². The molecule has 1 saturated heterocycles. The molecule has 1 fully saturated rings. The minimum Gasteiger partial charge on any atom is -0.370 e. The van der Waals surface area contributed by atoms with Crippen molar-refractivity contribution in [2.75, 3.05) is 63.0 Å². The first kappa shape index (κ1) is 42.8. The first-order chi connectivity index (χ1) is 27.4. The van der Waals surface area contributed by atoms with Crippen molar-refractivity contribution in [1.29, 1.82) is 0 Å². The Morgan fingerprint density at radius 3 is 1.82 bits per heavy atom. The third-order valence-electron chi connectivity index (χ3n) is 9.78. The normalized spacial score (nSPS) is 21.2. The van der Waals surface area contributed by atoms with Crippen molar-refractivity contribution in [1.82, 2.24) is 25.2 Å². The highest BCUT2D eigenvalue weighted by molar-refractivity contribution is 7.88. The number of unbranched alkanes of at least 4 members (excludes halogenated alkanes) is 1. The van der Waals surface area contributed by atoms with Crippen molar-refractivity contribution in [2.24, 2.45) is 16.5 Å². The number of hydrogen-bond donors (Lipinski definition) is 7. The van der Waals surface area contributed by atoms with Gasteiger partial charge in [-0.15, -0.1) is 0 Å². The second kappa shape index (κ2) is 21.2. The van der Waals surface area contributed by atoms with E-state index in [2.05, 4.69) is 40.8 Å². The quantitative estimate of drug-likeness (QED) is 0.0870. The van der Waals surface area contributed by atoms with Gasteiger partial charge in [0.05, 0.1) is 5.75 Å². The van der Waals surface area contributed by atoms with Crippen LogP contribution in [0.1, 0.15) is 42.4 Å². The third kappa shape index (κ3) is 14.9. The third-order valence-corrected chi connectivity index (χ3v) is 11.1. The van der Waals surface area contributed by atoms with Gasteiger partial charge in [-0.3, -0.25) is 24.2 Å². The van der Waals surface area contributed by atoms with Crippen molar-refractivity contribution in [3.05, 3.63) is 95.6 Å². The smallest absolute Gasteiger partial charge is 0.242 e. The van der Waals surface area contributed by atoms with E-state index < -0.39 is 33.9 Å². The molecule has 57 heavy (non-hydrogen) atoms. The van der Waals surface area contributed by atoms with E-state index in [0.717, 1.165) is 26.2 Å². The van der Waals surface area contributed by atoms with Crippen LogP contribution in [0.3, 0.4) is 0 Å². The van der Waals surface area contributed by atoms with Crippen LogP contribution in [-0.4, -0.2) is 112 Å². The highest BCUT2D eigenvalue weighted by Crippen LogP contribution is 2.16. The fraction of sp³-hybridized carbons (Fsp3) is 0.425. The molecule has 3 aromatic carbocycles. The number of aliphatic imine (C=N–C) groups is 1. The summed E-state index contributed by atoms with van der Waals surface area (Å²) in [5.74, 6) is -1.78. The van der Waals surface area contributed by atoms with Gasteiger partial charge in [0, 0.05) is 83.0 Å². The fourth-order valence-corrected chi connectivity index (χ4v) is 7.96. The van der Waals surface area contributed by atoms with Crippen molar-refractivity contribution in [2.45, 2.75) is 56.4 Å². The average molecular weight is 803 g/mol. The number of carbonyl (C=O) groups is 4. The molecule has 5 aliphatic rings. The average Bonchev–Trinajstić information content (AvgIpc) is 3.18. The van der Waals surface area contributed by atoms with Gasteiger partial charge in [0.1, 0.15) is 12.1 Å². The highest BCUT2D eigenvalue weighted by atomic mass is 32.2. The van der Waals surface area contributed by atoms with Crippen LogP contribution in [0.4, 0.5) is 11.4 Å². The topological polar surface area (TPSA) is 233 Å². The van der Waals surface area contributed by atoms with E-state index in [1.807, 2.05) is 0 Å². The largest absolute Gasteiger partial charge is 0.370 e. The molecule has 2 atom stereocenters. The summed E-state index contributed by atoms with van der Waals surface area (Å²) in [5.41, 5.74) is 13.9. The lowest BCUT2D eigenvalue weighted by Crippen LogP contribution is -2.55. The van der Waals surface area contributed by atoms with Crippen molar-refractivity contribution in [3.63, 3.8) is 0 Å². The lowest BCUT2D eigenvalue weighted by atomic mass is 10.0. The van der Waals surface area contributed by atoms with Gasteiger partial charge in [-0.25, -0.2) is 13.1 Å². The summed E-state index contributed by atoms with van der Waals surface area (Å²) < 4.78 is 29.6. The summed E-state index contributed by atoms with van der Waals surface area (Å²) in [4.78, 5) is 61.9. The van der Waals surface area contributed by atoms with Crippen LogP contribution in [0.2, 0.25) is 0 Å². The molecular formula is C40H54N10O6S. The minimum atomic E-state index is -4.03. The zero-order valence-corrected chi connectivity index (χ0v) is 32.9. The summed E-state index contributed by atoms with van der Waals surface area (Å²) in [5, 5.41) is 11.5. The number of nitrogens with two attached hydrogens (primary N) is 2. The van der Waals surface area contributed by atoms with Gasteiger partial charge in [-0.1, -0.05) is 54.6 Å². The van der Waals surface area contributed by atoms with Crippen LogP contribution in [0.25, 0.3) is 0 Å². The number of piperazine rings is 1. The maximum absolute atomic E-state index is 14.1. The van der Waals surface area contributed by atoms with Gasteiger partial charge in [0.2, 0.25) is 33.7 Å². The van der Waals surface area contributed by atoms with Crippen LogP contribution in [-0.2, 0) is 47.8 Å². The molecular weight excluding hydrogens is 749 g/mol. The molecule has 3 aromatic rings. The molecule has 0 saturated carbocycles. The molecule has 5 aliphatic heterocycles. The van der Waals surface area contributed by atoms with E-state index >= 15 is 0 Å². The van der Waals surface area contributed by atoms with E-state index in [-0.39, 0.29) is 36.4 Å². The number of sulfonamides is 1. The first-order valence-electron chi connectivity index (χ1n) is 19.3. The van der Waals surface area contributed by atoms with Crippen LogP contribution >= 0.6 is 0 Å². The molecule has 17 heteroatoms. The molecule has 0 aromatic heterocycles. The second-order valence-corrected chi connectivity index (χ2v) is 16.1. The van der Waals surface area contributed by atoms with E-state index in [9.17, 15) is 27.6 Å². The molecule has 5 heterocycles. The molecule has 16 nitrogen and oxygen atoms in total. The van der Waals surface area contributed by atoms with Gasteiger partial charge >= 0.3 is 0 Å². The Morgan fingerprint density at radius 2 is 1.28 bits per heavy atom. The number of carbonyl (C=O) groups excluding carboxylic acids is 4. The van der Waals surface area contributed by atoms with E-state index in [0.29, 0.717) is 79.9 Å². The number of guanidine groups is 1. The number of fused-ring (bicyclic) bond motifs is 3. The van der Waals surface area contributed by atoms with E-state index in [4.69, 9.17) is 11.5 Å². The highest BCUT2D eigenvalue weighted by Gasteiger charge is 2.30. The predicted molar refractivity (Wildman–Crippen MR) is 221 cm³/mol. The lowest BCUT2D eigenvalue weighted by Gasteiger charge is -2.34. The monoisotopic (exact) mass is 802 g/mol. The number of hydrogen-bond acceptors (Lipinski definition) is 9. The van der Waals surface area contributed by atoms with Crippen LogP contribution in [0, 0.1) is 0 Å². The maximum atomic E-state index is 14.1. The molecule has 9 N–H and O–H groups in total. The number of anilines is 2. The van der Waals surface area contributed by atoms with Crippen LogP contribution in [0.15, 0.2) is 83.9 Å². The number of amides is 4. The summed E-state index contributed by atoms with van der Waals surface area (Å²) in [6.07, 6.45) is 1.87. The Hall–Kier alpha value is -5.36. The van der Waals surface area contributed by atoms with Gasteiger partial charge in [-0.05, 0) is 60.2 Å². The zero-order chi connectivity index (χ0) is 40.6. The first-order valence-corrected chi connectivity index (χ1v) is 21.0. The zero-order valence-electron chi connectivity index (χ0n) is 32.1. The fourth-order valence-electron chi connectivity index (χ4n) is 6.62. The van der Waals surface area contributed by atoms with Gasteiger partial charge in [0.15, 0.2) is 5.96 Å². The van der Waals surface area contributed by atoms with E-state index in [1.165, 1.54) is 0 Å². The summed E-state index contributed by atoms with van der Waals surface area (Å²) in [7, 11) is -4.03. The van der Waals surface area contributed by atoms with Crippen molar-refractivity contribution in [3.8, 4) is 0 Å². The Morgan fingerprint density at radius 1 is 0.737 bits per heavy atom. The Bertz CT molecular complexity index is 1930. The summed E-state index contributed by atoms with van der Waals surface area (Å²) in [6, 6.07) is 20.2. The van der Waals surface area contributed by atoms with E-state index in [1.54, 1.807) is 78.9 Å².